The summed E-state index contributed by atoms with van der Waals surface area (Å²) in [4.78, 5) is 11.6. The highest BCUT2D eigenvalue weighted by molar-refractivity contribution is 6.32. The molecule has 0 spiro atoms. The summed E-state index contributed by atoms with van der Waals surface area (Å²) in [6.45, 7) is 2.27. The Hall–Kier alpha value is -2.04. The second-order valence-electron chi connectivity index (χ2n) is 4.97. The number of rotatable bonds is 7. The summed E-state index contributed by atoms with van der Waals surface area (Å²) >= 11 is 6.20. The Morgan fingerprint density at radius 1 is 1.17 bits per heavy atom. The van der Waals surface area contributed by atoms with E-state index in [0.29, 0.717) is 22.9 Å². The van der Waals surface area contributed by atoms with Crippen LogP contribution in [0.3, 0.4) is 0 Å². The largest absolute Gasteiger partial charge is 0.487 e. The zero-order valence-electron chi connectivity index (χ0n) is 12.9. The highest BCUT2D eigenvalue weighted by Gasteiger charge is 2.20. The van der Waals surface area contributed by atoms with Crippen molar-refractivity contribution < 1.29 is 19.4 Å². The molecule has 0 fully saturated rings. The van der Waals surface area contributed by atoms with Gasteiger partial charge < -0.3 is 14.6 Å². The van der Waals surface area contributed by atoms with Crippen molar-refractivity contribution in [3.63, 3.8) is 0 Å². The molecule has 0 aliphatic rings. The third-order valence-corrected chi connectivity index (χ3v) is 3.54. The first-order valence-electron chi connectivity index (χ1n) is 7.40. The molecule has 0 amide bonds. The number of aliphatic hydroxyl groups is 1. The quantitative estimate of drug-likeness (QED) is 0.789. The smallest absolute Gasteiger partial charge is 0.335 e. The van der Waals surface area contributed by atoms with Crippen molar-refractivity contribution in [2.24, 2.45) is 0 Å². The van der Waals surface area contributed by atoms with E-state index in [0.717, 1.165) is 5.56 Å². The fraction of sp³-hybridized carbons (Fsp3) is 0.278. The van der Waals surface area contributed by atoms with Gasteiger partial charge in [0.25, 0.3) is 0 Å². The summed E-state index contributed by atoms with van der Waals surface area (Å²) in [6, 6.07) is 14.9. The molecular weight excluding hydrogens is 316 g/mol. The average molecular weight is 335 g/mol. The predicted molar refractivity (Wildman–Crippen MR) is 88.6 cm³/mol. The van der Waals surface area contributed by atoms with Gasteiger partial charge in [-0.2, -0.15) is 0 Å². The lowest BCUT2D eigenvalue weighted by molar-refractivity contribution is -0.152. The number of carbonyl (C=O) groups excluding carboxylic acids is 1. The van der Waals surface area contributed by atoms with E-state index in [-0.39, 0.29) is 13.0 Å². The fourth-order valence-electron chi connectivity index (χ4n) is 2.14. The van der Waals surface area contributed by atoms with E-state index in [2.05, 4.69) is 0 Å². The highest BCUT2D eigenvalue weighted by Crippen LogP contribution is 2.30. The topological polar surface area (TPSA) is 55.8 Å². The molecule has 0 saturated carbocycles. The van der Waals surface area contributed by atoms with Gasteiger partial charge in [0.1, 0.15) is 12.4 Å². The Morgan fingerprint density at radius 3 is 2.61 bits per heavy atom. The molecule has 1 unspecified atom stereocenters. The molecule has 2 aromatic carbocycles. The predicted octanol–water partition coefficient (Wildman–Crippen LogP) is 3.39. The van der Waals surface area contributed by atoms with Gasteiger partial charge >= 0.3 is 5.97 Å². The number of ether oxygens (including phenoxy) is 2. The van der Waals surface area contributed by atoms with Crippen molar-refractivity contribution in [1.82, 2.24) is 0 Å². The Morgan fingerprint density at radius 2 is 1.91 bits per heavy atom. The number of hydrogen-bond donors (Lipinski definition) is 1. The van der Waals surface area contributed by atoms with Gasteiger partial charge in [0.2, 0.25) is 0 Å². The van der Waals surface area contributed by atoms with Crippen molar-refractivity contribution in [1.29, 1.82) is 0 Å². The first-order valence-corrected chi connectivity index (χ1v) is 7.78. The molecule has 2 aromatic rings. The van der Waals surface area contributed by atoms with Crippen LogP contribution in [0.4, 0.5) is 0 Å². The van der Waals surface area contributed by atoms with Crippen LogP contribution in [0.15, 0.2) is 48.5 Å². The summed E-state index contributed by atoms with van der Waals surface area (Å²) in [6.07, 6.45) is -1.16. The van der Waals surface area contributed by atoms with Crippen LogP contribution in [-0.2, 0) is 22.6 Å². The van der Waals surface area contributed by atoms with Gasteiger partial charge in [-0.3, -0.25) is 0 Å². The minimum Gasteiger partial charge on any atom is -0.487 e. The molecule has 1 N–H and O–H groups in total. The minimum absolute atomic E-state index is 0.0868. The summed E-state index contributed by atoms with van der Waals surface area (Å²) in [5.41, 5.74) is 1.67. The first kappa shape index (κ1) is 17.3. The first-order chi connectivity index (χ1) is 11.1. The Kier molecular flexibility index (Phi) is 6.44. The highest BCUT2D eigenvalue weighted by atomic mass is 35.5. The molecule has 2 rings (SSSR count). The monoisotopic (exact) mass is 334 g/mol. The second-order valence-corrected chi connectivity index (χ2v) is 5.38. The number of esters is 1. The zero-order chi connectivity index (χ0) is 16.7. The van der Waals surface area contributed by atoms with E-state index in [4.69, 9.17) is 21.1 Å². The molecule has 0 aromatic heterocycles. The summed E-state index contributed by atoms with van der Waals surface area (Å²) in [5.74, 6) is -0.178. The fourth-order valence-corrected chi connectivity index (χ4v) is 2.38. The maximum absolute atomic E-state index is 11.6. The molecule has 0 bridgehead atoms. The third kappa shape index (κ3) is 4.98. The second kappa shape index (κ2) is 8.56. The lowest BCUT2D eigenvalue weighted by Gasteiger charge is -2.15. The standard InChI is InChI=1S/C18H19ClO4/c1-2-22-18(21)16(20)11-14-9-6-10-15(19)17(14)23-12-13-7-4-3-5-8-13/h3-10,16,20H,2,11-12H2,1H3. The molecule has 1 atom stereocenters. The molecule has 5 heteroatoms. The van der Waals surface area contributed by atoms with Gasteiger partial charge in [0, 0.05) is 6.42 Å². The molecule has 122 valence electrons. The third-order valence-electron chi connectivity index (χ3n) is 3.25. The number of hydrogen-bond acceptors (Lipinski definition) is 4. The van der Waals surface area contributed by atoms with Gasteiger partial charge in [-0.1, -0.05) is 54.1 Å². The number of para-hydroxylation sites is 1. The van der Waals surface area contributed by atoms with Crippen LogP contribution >= 0.6 is 11.6 Å². The number of aliphatic hydroxyl groups excluding tert-OH is 1. The van der Waals surface area contributed by atoms with E-state index in [1.54, 1.807) is 25.1 Å². The molecule has 0 saturated heterocycles. The zero-order valence-corrected chi connectivity index (χ0v) is 13.6. The van der Waals surface area contributed by atoms with Crippen LogP contribution in [0.5, 0.6) is 5.75 Å². The van der Waals surface area contributed by atoms with Crippen molar-refractivity contribution >= 4 is 17.6 Å². The van der Waals surface area contributed by atoms with Gasteiger partial charge in [-0.15, -0.1) is 0 Å². The normalized spacial score (nSPS) is 11.8. The van der Waals surface area contributed by atoms with Crippen molar-refractivity contribution in [2.75, 3.05) is 6.61 Å². The van der Waals surface area contributed by atoms with E-state index >= 15 is 0 Å². The number of benzene rings is 2. The van der Waals surface area contributed by atoms with Crippen molar-refractivity contribution in [3.05, 3.63) is 64.7 Å². The molecule has 0 aliphatic carbocycles. The van der Waals surface area contributed by atoms with E-state index in [1.807, 2.05) is 30.3 Å². The van der Waals surface area contributed by atoms with Crippen LogP contribution < -0.4 is 4.74 Å². The van der Waals surface area contributed by atoms with E-state index in [9.17, 15) is 9.90 Å². The Labute approximate surface area is 140 Å². The van der Waals surface area contributed by atoms with Gasteiger partial charge in [0.15, 0.2) is 6.10 Å². The molecule has 0 aliphatic heterocycles. The maximum atomic E-state index is 11.6. The summed E-state index contributed by atoms with van der Waals surface area (Å²) < 4.78 is 10.6. The average Bonchev–Trinajstić information content (AvgIpc) is 2.55. The SMILES string of the molecule is CCOC(=O)C(O)Cc1cccc(Cl)c1OCc1ccccc1. The minimum atomic E-state index is -1.24. The van der Waals surface area contributed by atoms with Crippen LogP contribution in [0.1, 0.15) is 18.1 Å². The molecule has 0 heterocycles. The van der Waals surface area contributed by atoms with Gasteiger partial charge in [0.05, 0.1) is 11.6 Å². The van der Waals surface area contributed by atoms with Gasteiger partial charge in [-0.05, 0) is 24.1 Å². The van der Waals surface area contributed by atoms with E-state index in [1.165, 1.54) is 0 Å². The van der Waals surface area contributed by atoms with Crippen LogP contribution in [-0.4, -0.2) is 23.8 Å². The number of carbonyl (C=O) groups is 1. The Bertz CT molecular complexity index is 643. The van der Waals surface area contributed by atoms with Gasteiger partial charge in [-0.25, -0.2) is 4.79 Å². The Balaban J connectivity index is 2.11. The molecule has 4 nitrogen and oxygen atoms in total. The molecule has 23 heavy (non-hydrogen) atoms. The summed E-state index contributed by atoms with van der Waals surface area (Å²) in [7, 11) is 0. The summed E-state index contributed by atoms with van der Waals surface area (Å²) in [5, 5.41) is 10.4. The number of halogens is 1. The maximum Gasteiger partial charge on any atom is 0.335 e. The van der Waals surface area contributed by atoms with Crippen molar-refractivity contribution in [3.8, 4) is 5.75 Å². The lowest BCUT2D eigenvalue weighted by Crippen LogP contribution is -2.25. The van der Waals surface area contributed by atoms with Crippen LogP contribution in [0.2, 0.25) is 5.02 Å². The lowest BCUT2D eigenvalue weighted by atomic mass is 10.1. The van der Waals surface area contributed by atoms with Crippen LogP contribution in [0.25, 0.3) is 0 Å². The molecule has 0 radical (unpaired) electrons. The van der Waals surface area contributed by atoms with Crippen LogP contribution in [0, 0.1) is 0 Å². The van der Waals surface area contributed by atoms with Crippen molar-refractivity contribution in [2.45, 2.75) is 26.1 Å². The van der Waals surface area contributed by atoms with E-state index < -0.39 is 12.1 Å². The molecular formula is C18H19ClO4.